The maximum absolute atomic E-state index is 8.91. The van der Waals surface area contributed by atoms with Crippen molar-refractivity contribution in [2.75, 3.05) is 0 Å². The van der Waals surface area contributed by atoms with Crippen LogP contribution in [0.5, 0.6) is 0 Å². The molecule has 0 aliphatic carbocycles. The van der Waals surface area contributed by atoms with Crippen molar-refractivity contribution < 1.29 is 9.52 Å². The second kappa shape index (κ2) is 4.42. The van der Waals surface area contributed by atoms with Gasteiger partial charge in [0, 0.05) is 5.56 Å². The third-order valence-electron chi connectivity index (χ3n) is 2.48. The lowest BCUT2D eigenvalue weighted by Gasteiger charge is -2.01. The summed E-state index contributed by atoms with van der Waals surface area (Å²) in [6, 6.07) is 11.3. The fraction of sp³-hybridized carbons (Fsp3) is 0.0833. The molecule has 0 atom stereocenters. The zero-order valence-corrected chi connectivity index (χ0v) is 9.39. The molecular formula is C12H10N4O2. The average Bonchev–Trinajstić information content (AvgIpc) is 3.10. The Kier molecular flexibility index (Phi) is 2.62. The van der Waals surface area contributed by atoms with Gasteiger partial charge in [-0.2, -0.15) is 0 Å². The number of nitrogens with zero attached hydrogens (tertiary/aromatic N) is 4. The van der Waals surface area contributed by atoms with Gasteiger partial charge in [0.25, 0.3) is 0 Å². The van der Waals surface area contributed by atoms with Crippen molar-refractivity contribution >= 4 is 0 Å². The first-order valence-corrected chi connectivity index (χ1v) is 5.41. The van der Waals surface area contributed by atoms with Crippen LogP contribution in [0.15, 0.2) is 47.1 Å². The van der Waals surface area contributed by atoms with E-state index in [1.807, 2.05) is 36.4 Å². The third kappa shape index (κ3) is 1.89. The van der Waals surface area contributed by atoms with Gasteiger partial charge < -0.3 is 9.52 Å². The minimum atomic E-state index is -0.224. The van der Waals surface area contributed by atoms with Gasteiger partial charge in [-0.15, -0.1) is 15.0 Å². The normalized spacial score (nSPS) is 10.7. The Morgan fingerprint density at radius 3 is 2.89 bits per heavy atom. The molecule has 1 aromatic carbocycles. The smallest absolute Gasteiger partial charge is 0.200 e. The number of furan rings is 1. The second-order valence-electron chi connectivity index (χ2n) is 3.68. The Balaban J connectivity index is 2.00. The molecule has 3 aromatic rings. The molecule has 0 saturated carbocycles. The van der Waals surface area contributed by atoms with Crippen LogP contribution in [0.4, 0.5) is 0 Å². The molecule has 6 nitrogen and oxygen atoms in total. The molecule has 0 amide bonds. The topological polar surface area (TPSA) is 77.0 Å². The summed E-state index contributed by atoms with van der Waals surface area (Å²) < 4.78 is 5.33. The van der Waals surface area contributed by atoms with Gasteiger partial charge >= 0.3 is 0 Å². The molecule has 0 saturated heterocycles. The number of aromatic nitrogens is 4. The molecule has 0 radical (unpaired) electrons. The van der Waals surface area contributed by atoms with Crippen LogP contribution in [0.2, 0.25) is 0 Å². The summed E-state index contributed by atoms with van der Waals surface area (Å²) in [5, 5.41) is 20.5. The summed E-state index contributed by atoms with van der Waals surface area (Å²) >= 11 is 0. The van der Waals surface area contributed by atoms with Crippen molar-refractivity contribution in [1.82, 2.24) is 20.2 Å². The Bertz CT molecular complexity index is 646. The summed E-state index contributed by atoms with van der Waals surface area (Å²) in [6.45, 7) is -0.224. The largest absolute Gasteiger partial charge is 0.464 e. The molecule has 2 aromatic heterocycles. The van der Waals surface area contributed by atoms with E-state index in [0.717, 1.165) is 17.0 Å². The van der Waals surface area contributed by atoms with Crippen molar-refractivity contribution in [3.05, 3.63) is 48.5 Å². The number of tetrazole rings is 1. The van der Waals surface area contributed by atoms with E-state index in [1.54, 1.807) is 6.26 Å². The molecule has 18 heavy (non-hydrogen) atoms. The minimum absolute atomic E-state index is 0.224. The van der Waals surface area contributed by atoms with Crippen LogP contribution in [0, 0.1) is 0 Å². The van der Waals surface area contributed by atoms with E-state index >= 15 is 0 Å². The van der Waals surface area contributed by atoms with Crippen LogP contribution < -0.4 is 0 Å². The number of aliphatic hydroxyl groups is 1. The quantitative estimate of drug-likeness (QED) is 0.751. The second-order valence-corrected chi connectivity index (χ2v) is 3.68. The first-order chi connectivity index (χ1) is 8.86. The lowest BCUT2D eigenvalue weighted by Crippen LogP contribution is -1.99. The standard InChI is InChI=1S/C12H10N4O2/c17-8-12-13-15-16(14-12)10-4-1-3-9(7-10)11-5-2-6-18-11/h1-7,17H,8H2. The molecule has 6 heteroatoms. The van der Waals surface area contributed by atoms with E-state index in [-0.39, 0.29) is 6.61 Å². The van der Waals surface area contributed by atoms with Crippen LogP contribution in [0.25, 0.3) is 17.0 Å². The highest BCUT2D eigenvalue weighted by Gasteiger charge is 2.06. The molecule has 1 N–H and O–H groups in total. The highest BCUT2D eigenvalue weighted by molar-refractivity contribution is 5.60. The van der Waals surface area contributed by atoms with E-state index in [9.17, 15) is 0 Å². The fourth-order valence-corrected chi connectivity index (χ4v) is 1.64. The van der Waals surface area contributed by atoms with Gasteiger partial charge in [0.15, 0.2) is 0 Å². The van der Waals surface area contributed by atoms with Crippen LogP contribution >= 0.6 is 0 Å². The van der Waals surface area contributed by atoms with E-state index in [2.05, 4.69) is 15.4 Å². The number of aliphatic hydroxyl groups excluding tert-OH is 1. The predicted molar refractivity (Wildman–Crippen MR) is 62.8 cm³/mol. The molecule has 2 heterocycles. The highest BCUT2D eigenvalue weighted by atomic mass is 16.3. The fourth-order valence-electron chi connectivity index (χ4n) is 1.64. The number of rotatable bonds is 3. The van der Waals surface area contributed by atoms with Gasteiger partial charge in [-0.1, -0.05) is 12.1 Å². The predicted octanol–water partition coefficient (Wildman–Crippen LogP) is 1.41. The number of hydrogen-bond acceptors (Lipinski definition) is 5. The molecular weight excluding hydrogens is 232 g/mol. The minimum Gasteiger partial charge on any atom is -0.464 e. The molecule has 0 spiro atoms. The van der Waals surface area contributed by atoms with Crippen molar-refractivity contribution in [2.45, 2.75) is 6.61 Å². The van der Waals surface area contributed by atoms with Crippen molar-refractivity contribution in [3.8, 4) is 17.0 Å². The summed E-state index contributed by atoms with van der Waals surface area (Å²) in [6.07, 6.45) is 1.62. The molecule has 90 valence electrons. The van der Waals surface area contributed by atoms with Gasteiger partial charge in [-0.05, 0) is 29.5 Å². The lowest BCUT2D eigenvalue weighted by molar-refractivity contribution is 0.271. The first kappa shape index (κ1) is 10.7. The average molecular weight is 242 g/mol. The van der Waals surface area contributed by atoms with E-state index in [1.165, 1.54) is 4.80 Å². The van der Waals surface area contributed by atoms with Crippen LogP contribution in [-0.4, -0.2) is 25.3 Å². The Morgan fingerprint density at radius 1 is 1.22 bits per heavy atom. The Labute approximate surface area is 102 Å². The van der Waals surface area contributed by atoms with Gasteiger partial charge in [0.1, 0.15) is 12.4 Å². The van der Waals surface area contributed by atoms with Crippen LogP contribution in [0.3, 0.4) is 0 Å². The SMILES string of the molecule is OCc1nnn(-c2cccc(-c3ccco3)c2)n1. The molecule has 0 aliphatic heterocycles. The zero-order chi connectivity index (χ0) is 12.4. The van der Waals surface area contributed by atoms with Gasteiger partial charge in [0.2, 0.25) is 5.82 Å². The van der Waals surface area contributed by atoms with Gasteiger partial charge in [0.05, 0.1) is 12.0 Å². The zero-order valence-electron chi connectivity index (χ0n) is 9.39. The highest BCUT2D eigenvalue weighted by Crippen LogP contribution is 2.21. The van der Waals surface area contributed by atoms with Crippen molar-refractivity contribution in [1.29, 1.82) is 0 Å². The lowest BCUT2D eigenvalue weighted by atomic mass is 10.1. The summed E-state index contributed by atoms with van der Waals surface area (Å²) in [4.78, 5) is 1.37. The molecule has 3 rings (SSSR count). The summed E-state index contributed by atoms with van der Waals surface area (Å²) in [7, 11) is 0. The van der Waals surface area contributed by atoms with E-state index < -0.39 is 0 Å². The molecule has 0 fully saturated rings. The van der Waals surface area contributed by atoms with Crippen molar-refractivity contribution in [2.24, 2.45) is 0 Å². The first-order valence-electron chi connectivity index (χ1n) is 5.41. The van der Waals surface area contributed by atoms with Crippen LogP contribution in [0.1, 0.15) is 5.82 Å². The van der Waals surface area contributed by atoms with Crippen LogP contribution in [-0.2, 0) is 6.61 Å². The Morgan fingerprint density at radius 2 is 2.17 bits per heavy atom. The van der Waals surface area contributed by atoms with E-state index in [0.29, 0.717) is 5.82 Å². The maximum Gasteiger partial charge on any atom is 0.200 e. The number of benzene rings is 1. The third-order valence-corrected chi connectivity index (χ3v) is 2.48. The molecule has 0 bridgehead atoms. The van der Waals surface area contributed by atoms with E-state index in [4.69, 9.17) is 9.52 Å². The van der Waals surface area contributed by atoms with Gasteiger partial charge in [-0.3, -0.25) is 0 Å². The monoisotopic (exact) mass is 242 g/mol. The van der Waals surface area contributed by atoms with Gasteiger partial charge in [-0.25, -0.2) is 0 Å². The number of hydrogen-bond donors (Lipinski definition) is 1. The molecule has 0 aliphatic rings. The summed E-state index contributed by atoms with van der Waals surface area (Å²) in [5.74, 6) is 1.07. The molecule has 0 unspecified atom stereocenters. The summed E-state index contributed by atoms with van der Waals surface area (Å²) in [5.41, 5.74) is 1.69. The Hall–Kier alpha value is -2.47. The maximum atomic E-state index is 8.91. The van der Waals surface area contributed by atoms with Crippen molar-refractivity contribution in [3.63, 3.8) is 0 Å².